The van der Waals surface area contributed by atoms with E-state index in [0.29, 0.717) is 0 Å². The second-order valence-electron chi connectivity index (χ2n) is 7.48. The fourth-order valence-electron chi connectivity index (χ4n) is 3.64. The van der Waals surface area contributed by atoms with Crippen LogP contribution in [0.3, 0.4) is 0 Å². The molecule has 0 atom stereocenters. The number of benzene rings is 4. The predicted octanol–water partition coefficient (Wildman–Crippen LogP) is 7.58. The molecule has 0 radical (unpaired) electrons. The van der Waals surface area contributed by atoms with Gasteiger partial charge in [-0.1, -0.05) is 60.3 Å². The summed E-state index contributed by atoms with van der Waals surface area (Å²) in [6.45, 7) is 0. The third-order valence-electron chi connectivity index (χ3n) is 5.23. The molecule has 0 saturated carbocycles. The van der Waals surface area contributed by atoms with Gasteiger partial charge in [-0.2, -0.15) is 0 Å². The first-order chi connectivity index (χ1) is 16.3. The van der Waals surface area contributed by atoms with Crippen LogP contribution in [0.25, 0.3) is 11.3 Å². The number of fused-ring (bicyclic) bond motifs is 2. The third kappa shape index (κ3) is 4.06. The fourth-order valence-corrected chi connectivity index (χ4v) is 5.50. The molecule has 1 aliphatic rings. The number of hydrogen-bond donors (Lipinski definition) is 1. The molecular formula is C27H19N3OS2. The Bertz CT molecular complexity index is 1490. The van der Waals surface area contributed by atoms with Crippen LogP contribution in [0, 0.1) is 0 Å². The van der Waals surface area contributed by atoms with Crippen molar-refractivity contribution in [1.29, 1.82) is 0 Å². The van der Waals surface area contributed by atoms with E-state index < -0.39 is 0 Å². The number of nitrogens with one attached hydrogen (secondary N) is 1. The lowest BCUT2D eigenvalue weighted by Crippen LogP contribution is -2.23. The highest BCUT2D eigenvalue weighted by atomic mass is 32.2. The minimum absolute atomic E-state index is 0.868. The molecule has 0 amide bonds. The zero-order valence-electron chi connectivity index (χ0n) is 17.5. The van der Waals surface area contributed by atoms with Crippen LogP contribution in [0.15, 0.2) is 123 Å². The Kier molecular flexibility index (Phi) is 5.22. The maximum absolute atomic E-state index is 6.12. The maximum Gasteiger partial charge on any atom is 0.209 e. The van der Waals surface area contributed by atoms with Gasteiger partial charge < -0.3 is 4.74 Å². The van der Waals surface area contributed by atoms with Crippen molar-refractivity contribution in [3.8, 4) is 22.8 Å². The molecular weight excluding hydrogens is 446 g/mol. The molecule has 0 bridgehead atoms. The van der Waals surface area contributed by atoms with Crippen molar-refractivity contribution in [3.63, 3.8) is 0 Å². The van der Waals surface area contributed by atoms with E-state index in [1.165, 1.54) is 0 Å². The molecule has 1 N–H and O–H groups in total. The molecule has 4 nitrogen and oxygen atoms in total. The first-order valence-electron chi connectivity index (χ1n) is 10.5. The van der Waals surface area contributed by atoms with E-state index in [4.69, 9.17) is 9.73 Å². The number of para-hydroxylation sites is 3. The summed E-state index contributed by atoms with van der Waals surface area (Å²) in [5.41, 5.74) is 7.58. The Morgan fingerprint density at radius 3 is 2.30 bits per heavy atom. The zero-order chi connectivity index (χ0) is 22.0. The molecule has 0 fully saturated rings. The van der Waals surface area contributed by atoms with Crippen molar-refractivity contribution in [2.24, 2.45) is 4.99 Å². The van der Waals surface area contributed by atoms with E-state index >= 15 is 0 Å². The number of rotatable bonds is 4. The smallest absolute Gasteiger partial charge is 0.209 e. The Hall–Kier alpha value is -3.74. The molecule has 5 aromatic rings. The van der Waals surface area contributed by atoms with Gasteiger partial charge in [0.25, 0.3) is 0 Å². The van der Waals surface area contributed by atoms with E-state index in [2.05, 4.69) is 33.7 Å². The Labute approximate surface area is 199 Å². The highest BCUT2D eigenvalue weighted by molar-refractivity contribution is 7.99. The largest absolute Gasteiger partial charge is 0.455 e. The van der Waals surface area contributed by atoms with Crippen molar-refractivity contribution < 1.29 is 4.74 Å². The number of anilines is 1. The average Bonchev–Trinajstić information content (AvgIpc) is 3.25. The minimum Gasteiger partial charge on any atom is -0.455 e. The van der Waals surface area contributed by atoms with Gasteiger partial charge in [-0.05, 0) is 54.6 Å². The molecule has 1 aromatic heterocycles. The molecule has 0 unspecified atom stereocenters. The summed E-state index contributed by atoms with van der Waals surface area (Å²) in [5, 5.41) is 2.14. The Morgan fingerprint density at radius 1 is 0.727 bits per heavy atom. The molecule has 160 valence electrons. The molecule has 0 saturated heterocycles. The van der Waals surface area contributed by atoms with Gasteiger partial charge >= 0.3 is 0 Å². The predicted molar refractivity (Wildman–Crippen MR) is 136 cm³/mol. The summed E-state index contributed by atoms with van der Waals surface area (Å²) in [4.78, 5) is 7.99. The molecule has 6 heteroatoms. The topological polar surface area (TPSA) is 38.5 Å². The number of aromatic nitrogens is 1. The van der Waals surface area contributed by atoms with Crippen LogP contribution in [0.2, 0.25) is 0 Å². The van der Waals surface area contributed by atoms with Gasteiger partial charge in [-0.15, -0.1) is 11.3 Å². The number of hydrogen-bond acceptors (Lipinski definition) is 5. The van der Waals surface area contributed by atoms with Gasteiger partial charge in [0.2, 0.25) is 4.80 Å². The molecule has 0 aliphatic carbocycles. The molecule has 2 heterocycles. The van der Waals surface area contributed by atoms with Crippen molar-refractivity contribution in [2.45, 2.75) is 9.79 Å². The summed E-state index contributed by atoms with van der Waals surface area (Å²) in [5.74, 6) is 1.79. The minimum atomic E-state index is 0.868. The third-order valence-corrected chi connectivity index (χ3v) is 7.15. The van der Waals surface area contributed by atoms with Gasteiger partial charge in [0, 0.05) is 10.9 Å². The normalized spacial score (nSPS) is 12.5. The van der Waals surface area contributed by atoms with Crippen LogP contribution in [-0.4, -0.2) is 4.68 Å². The van der Waals surface area contributed by atoms with E-state index in [0.717, 1.165) is 48.7 Å². The van der Waals surface area contributed by atoms with Crippen LogP contribution in [0.4, 0.5) is 11.4 Å². The summed E-state index contributed by atoms with van der Waals surface area (Å²) in [6, 6.07) is 34.7. The Morgan fingerprint density at radius 2 is 1.45 bits per heavy atom. The number of nitrogens with zero attached hydrogens (tertiary/aromatic N) is 2. The zero-order valence-corrected chi connectivity index (χ0v) is 19.1. The fraction of sp³-hybridized carbons (Fsp3) is 0. The lowest BCUT2D eigenvalue weighted by atomic mass is 10.1. The molecule has 1 aliphatic heterocycles. The monoisotopic (exact) mass is 465 g/mol. The lowest BCUT2D eigenvalue weighted by molar-refractivity contribution is 0.454. The summed E-state index contributed by atoms with van der Waals surface area (Å²) < 4.78 is 8.17. The average molecular weight is 466 g/mol. The lowest BCUT2D eigenvalue weighted by Gasteiger charge is -2.20. The quantitative estimate of drug-likeness (QED) is 0.292. The van der Waals surface area contributed by atoms with Gasteiger partial charge in [-0.25, -0.2) is 9.67 Å². The summed E-state index contributed by atoms with van der Waals surface area (Å²) >= 11 is 3.34. The van der Waals surface area contributed by atoms with Gasteiger partial charge in [-0.3, -0.25) is 5.43 Å². The number of thiazole rings is 1. The van der Waals surface area contributed by atoms with E-state index in [1.807, 2.05) is 84.9 Å². The SMILES string of the molecule is c1ccc(N=c2scc(-c3ccc4c(c3)Sc3ccccc3O4)n2Nc2ccccc2)cc1. The highest BCUT2D eigenvalue weighted by Gasteiger charge is 2.19. The van der Waals surface area contributed by atoms with Crippen molar-refractivity contribution in [2.75, 3.05) is 5.43 Å². The van der Waals surface area contributed by atoms with Gasteiger partial charge in [0.05, 0.1) is 26.9 Å². The van der Waals surface area contributed by atoms with Crippen LogP contribution >= 0.6 is 23.1 Å². The van der Waals surface area contributed by atoms with E-state index in [9.17, 15) is 0 Å². The second-order valence-corrected chi connectivity index (χ2v) is 9.40. The van der Waals surface area contributed by atoms with E-state index in [1.54, 1.807) is 23.1 Å². The van der Waals surface area contributed by atoms with Crippen LogP contribution < -0.4 is 15.0 Å². The highest BCUT2D eigenvalue weighted by Crippen LogP contribution is 2.47. The molecule has 6 rings (SSSR count). The first kappa shape index (κ1) is 19.9. The van der Waals surface area contributed by atoms with Gasteiger partial charge in [0.1, 0.15) is 11.5 Å². The second kappa shape index (κ2) is 8.65. The molecule has 33 heavy (non-hydrogen) atoms. The standard InChI is InChI=1S/C27H19N3OS2/c1-3-9-20(10-4-1)28-27-30(29-21-11-5-2-6-12-21)22(18-32-27)19-15-16-24-26(17-19)33-25-14-8-7-13-23(25)31-24/h1-18,29H. The maximum atomic E-state index is 6.12. The van der Waals surface area contributed by atoms with Crippen molar-refractivity contribution >= 4 is 34.5 Å². The number of ether oxygens (including phenoxy) is 1. The first-order valence-corrected chi connectivity index (χ1v) is 12.2. The molecule has 4 aromatic carbocycles. The molecule has 0 spiro atoms. The summed E-state index contributed by atoms with van der Waals surface area (Å²) in [7, 11) is 0. The van der Waals surface area contributed by atoms with Crippen LogP contribution in [0.1, 0.15) is 0 Å². The van der Waals surface area contributed by atoms with Crippen molar-refractivity contribution in [3.05, 3.63) is 113 Å². The Balaban J connectivity index is 1.45. The van der Waals surface area contributed by atoms with E-state index in [-0.39, 0.29) is 0 Å². The van der Waals surface area contributed by atoms with Crippen LogP contribution in [0.5, 0.6) is 11.5 Å². The summed E-state index contributed by atoms with van der Waals surface area (Å²) in [6.07, 6.45) is 0. The van der Waals surface area contributed by atoms with Gasteiger partial charge in [0.15, 0.2) is 0 Å². The van der Waals surface area contributed by atoms with Crippen molar-refractivity contribution in [1.82, 2.24) is 4.68 Å². The van der Waals surface area contributed by atoms with Crippen LogP contribution in [-0.2, 0) is 0 Å².